The van der Waals surface area contributed by atoms with Crippen LogP contribution in [0.3, 0.4) is 0 Å². The Hall–Kier alpha value is -0.780. The van der Waals surface area contributed by atoms with Gasteiger partial charge in [0.05, 0.1) is 0 Å². The fraction of sp³-hybridized carbons (Fsp3) is 0.778. The fourth-order valence-electron chi connectivity index (χ4n) is 4.16. The SMILES string of the molecule is CCCCCCCCCCCCc1cc(C)cc(CCCCCCCC)c1. The predicted octanol–water partition coefficient (Wildman–Crippen LogP) is 9.36. The van der Waals surface area contributed by atoms with Crippen LogP contribution >= 0.6 is 0 Å². The molecule has 156 valence electrons. The highest BCUT2D eigenvalue weighted by atomic mass is 14.1. The fourth-order valence-corrected chi connectivity index (χ4v) is 4.16. The van der Waals surface area contributed by atoms with Crippen molar-refractivity contribution >= 4 is 0 Å². The zero-order valence-electron chi connectivity index (χ0n) is 19.0. The van der Waals surface area contributed by atoms with Crippen LogP contribution in [-0.2, 0) is 12.8 Å². The van der Waals surface area contributed by atoms with Gasteiger partial charge >= 0.3 is 0 Å². The highest BCUT2D eigenvalue weighted by Crippen LogP contribution is 2.17. The molecule has 1 aromatic carbocycles. The number of benzene rings is 1. The molecule has 0 unspecified atom stereocenters. The minimum absolute atomic E-state index is 1.28. The van der Waals surface area contributed by atoms with Crippen LogP contribution in [0.5, 0.6) is 0 Å². The van der Waals surface area contributed by atoms with Gasteiger partial charge in [0, 0.05) is 0 Å². The van der Waals surface area contributed by atoms with Gasteiger partial charge in [0.1, 0.15) is 0 Å². The maximum atomic E-state index is 2.49. The number of aryl methyl sites for hydroxylation is 3. The molecule has 0 N–H and O–H groups in total. The van der Waals surface area contributed by atoms with Gasteiger partial charge in [0.25, 0.3) is 0 Å². The Balaban J connectivity index is 2.11. The normalized spacial score (nSPS) is 11.2. The van der Waals surface area contributed by atoms with Gasteiger partial charge < -0.3 is 0 Å². The van der Waals surface area contributed by atoms with Crippen LogP contribution in [0.25, 0.3) is 0 Å². The van der Waals surface area contributed by atoms with Crippen molar-refractivity contribution in [3.05, 3.63) is 34.9 Å². The Morgan fingerprint density at radius 1 is 0.444 bits per heavy atom. The molecule has 0 heterocycles. The third-order valence-electron chi connectivity index (χ3n) is 5.83. The standard InChI is InChI=1S/C27H48/c1-4-6-8-10-12-13-14-15-17-19-21-27-23-25(3)22-26(24-27)20-18-16-11-9-7-5-2/h22-24H,4-21H2,1-3H3. The van der Waals surface area contributed by atoms with Gasteiger partial charge in [-0.25, -0.2) is 0 Å². The molecule has 0 aliphatic carbocycles. The largest absolute Gasteiger partial charge is 0.0654 e. The maximum absolute atomic E-state index is 2.49. The number of rotatable bonds is 18. The molecule has 27 heavy (non-hydrogen) atoms. The van der Waals surface area contributed by atoms with Crippen molar-refractivity contribution in [3.8, 4) is 0 Å². The summed E-state index contributed by atoms with van der Waals surface area (Å²) in [6, 6.07) is 7.32. The third kappa shape index (κ3) is 14.0. The van der Waals surface area contributed by atoms with Gasteiger partial charge in [0.15, 0.2) is 0 Å². The molecule has 0 amide bonds. The molecule has 0 bridgehead atoms. The summed E-state index contributed by atoms with van der Waals surface area (Å²) in [5.74, 6) is 0. The van der Waals surface area contributed by atoms with Crippen LogP contribution < -0.4 is 0 Å². The van der Waals surface area contributed by atoms with Crippen molar-refractivity contribution in [2.45, 2.75) is 136 Å². The van der Waals surface area contributed by atoms with Gasteiger partial charge in [-0.15, -0.1) is 0 Å². The molecule has 0 heteroatoms. The van der Waals surface area contributed by atoms with E-state index in [1.165, 1.54) is 121 Å². The smallest absolute Gasteiger partial charge is 0.0279 e. The Kier molecular flexibility index (Phi) is 15.6. The van der Waals surface area contributed by atoms with Gasteiger partial charge in [-0.3, -0.25) is 0 Å². The molecular formula is C27H48. The lowest BCUT2D eigenvalue weighted by Crippen LogP contribution is -1.93. The summed E-state index contributed by atoms with van der Waals surface area (Å²) in [5, 5.41) is 0. The molecule has 0 fully saturated rings. The summed E-state index contributed by atoms with van der Waals surface area (Å²) in [7, 11) is 0. The van der Waals surface area contributed by atoms with E-state index < -0.39 is 0 Å². The first-order valence-electron chi connectivity index (χ1n) is 12.4. The summed E-state index contributed by atoms with van der Waals surface area (Å²) in [4.78, 5) is 0. The Bertz CT molecular complexity index is 445. The molecule has 0 saturated carbocycles. The second-order valence-electron chi connectivity index (χ2n) is 8.78. The van der Waals surface area contributed by atoms with E-state index in [9.17, 15) is 0 Å². The summed E-state index contributed by atoms with van der Waals surface area (Å²) in [6.45, 7) is 6.86. The van der Waals surface area contributed by atoms with Crippen LogP contribution in [0.2, 0.25) is 0 Å². The lowest BCUT2D eigenvalue weighted by atomic mass is 9.97. The van der Waals surface area contributed by atoms with E-state index in [1.54, 1.807) is 11.1 Å². The highest BCUT2D eigenvalue weighted by molar-refractivity contribution is 5.29. The van der Waals surface area contributed by atoms with Crippen molar-refractivity contribution in [1.29, 1.82) is 0 Å². The Morgan fingerprint density at radius 3 is 1.15 bits per heavy atom. The number of unbranched alkanes of at least 4 members (excludes halogenated alkanes) is 14. The zero-order valence-corrected chi connectivity index (χ0v) is 19.0. The summed E-state index contributed by atoms with van der Waals surface area (Å²) >= 11 is 0. The molecule has 1 rings (SSSR count). The Morgan fingerprint density at radius 2 is 0.778 bits per heavy atom. The number of hydrogen-bond acceptors (Lipinski definition) is 0. The minimum Gasteiger partial charge on any atom is -0.0654 e. The van der Waals surface area contributed by atoms with E-state index in [2.05, 4.69) is 39.0 Å². The highest BCUT2D eigenvalue weighted by Gasteiger charge is 2.01. The summed E-state index contributed by atoms with van der Waals surface area (Å²) < 4.78 is 0. The molecule has 0 radical (unpaired) electrons. The molecule has 0 aliphatic rings. The average Bonchev–Trinajstić information content (AvgIpc) is 2.66. The van der Waals surface area contributed by atoms with Crippen molar-refractivity contribution in [3.63, 3.8) is 0 Å². The second-order valence-corrected chi connectivity index (χ2v) is 8.78. The van der Waals surface area contributed by atoms with Crippen LogP contribution in [0.15, 0.2) is 18.2 Å². The quantitative estimate of drug-likeness (QED) is 0.225. The molecule has 0 nitrogen and oxygen atoms in total. The first-order valence-corrected chi connectivity index (χ1v) is 12.4. The van der Waals surface area contributed by atoms with Gasteiger partial charge in [-0.2, -0.15) is 0 Å². The molecular weight excluding hydrogens is 324 g/mol. The van der Waals surface area contributed by atoms with Crippen LogP contribution in [0, 0.1) is 6.92 Å². The van der Waals surface area contributed by atoms with Crippen LogP contribution in [0.4, 0.5) is 0 Å². The summed E-state index contributed by atoms with van der Waals surface area (Å²) in [5.41, 5.74) is 4.61. The first kappa shape index (κ1) is 24.3. The molecule has 1 aromatic rings. The second kappa shape index (κ2) is 17.3. The van der Waals surface area contributed by atoms with Crippen molar-refractivity contribution in [1.82, 2.24) is 0 Å². The molecule has 0 aliphatic heterocycles. The minimum atomic E-state index is 1.28. The van der Waals surface area contributed by atoms with Crippen LogP contribution in [-0.4, -0.2) is 0 Å². The first-order chi connectivity index (χ1) is 13.3. The number of hydrogen-bond donors (Lipinski definition) is 0. The van der Waals surface area contributed by atoms with Crippen molar-refractivity contribution in [2.75, 3.05) is 0 Å². The third-order valence-corrected chi connectivity index (χ3v) is 5.83. The lowest BCUT2D eigenvalue weighted by molar-refractivity contribution is 0.556. The average molecular weight is 373 g/mol. The van der Waals surface area contributed by atoms with Crippen molar-refractivity contribution < 1.29 is 0 Å². The molecule has 0 atom stereocenters. The van der Waals surface area contributed by atoms with E-state index in [4.69, 9.17) is 0 Å². The Labute approximate surface area is 171 Å². The predicted molar refractivity (Wildman–Crippen MR) is 124 cm³/mol. The maximum Gasteiger partial charge on any atom is -0.0279 e. The molecule has 0 spiro atoms. The summed E-state index contributed by atoms with van der Waals surface area (Å²) in [6.07, 6.45) is 25.2. The topological polar surface area (TPSA) is 0 Å². The van der Waals surface area contributed by atoms with Crippen molar-refractivity contribution in [2.24, 2.45) is 0 Å². The van der Waals surface area contributed by atoms with E-state index in [1.807, 2.05) is 0 Å². The molecule has 0 aromatic heterocycles. The van der Waals surface area contributed by atoms with Gasteiger partial charge in [-0.05, 0) is 43.7 Å². The van der Waals surface area contributed by atoms with E-state index in [0.717, 1.165) is 0 Å². The monoisotopic (exact) mass is 372 g/mol. The molecule has 0 saturated heterocycles. The van der Waals surface area contributed by atoms with E-state index in [0.29, 0.717) is 0 Å². The van der Waals surface area contributed by atoms with Gasteiger partial charge in [0.2, 0.25) is 0 Å². The van der Waals surface area contributed by atoms with Gasteiger partial charge in [-0.1, -0.05) is 128 Å². The zero-order chi connectivity index (χ0) is 19.6. The van der Waals surface area contributed by atoms with E-state index >= 15 is 0 Å². The van der Waals surface area contributed by atoms with E-state index in [-0.39, 0.29) is 0 Å². The van der Waals surface area contributed by atoms with Crippen LogP contribution in [0.1, 0.15) is 133 Å². The lowest BCUT2D eigenvalue weighted by Gasteiger charge is -2.08.